The second-order valence-corrected chi connectivity index (χ2v) is 14.6. The molecule has 3 aliphatic carbocycles. The number of likely N-dealkylation sites (tertiary alicyclic amines) is 1. The first kappa shape index (κ1) is 30.0. The van der Waals surface area contributed by atoms with Crippen molar-refractivity contribution in [3.05, 3.63) is 39.8 Å². The van der Waals surface area contributed by atoms with Crippen LogP contribution in [0.3, 0.4) is 0 Å². The number of nitriles is 1. The standard InChI is InChI=1S/C32H37F3N8OS/c1-19-20(3-4-26-24(19)9-22(12-36)43(26)17-30-14-31(15-30,16-30)38-18-44)13-42-7-5-21(6-8-42)39-27-25-10-23(11-32(33,34)35)45-28(25)41-29(37-2)40-27/h3-4,10,18,21-22H,5-9,11,13-17H2,1-2H3,(H,38,44)(H2,37,39,40,41). The van der Waals surface area contributed by atoms with Crippen LogP contribution >= 0.6 is 11.3 Å². The van der Waals surface area contributed by atoms with Gasteiger partial charge >= 0.3 is 6.18 Å². The third-order valence-electron chi connectivity index (χ3n) is 10.3. The Morgan fingerprint density at radius 1 is 1.20 bits per heavy atom. The third-order valence-corrected chi connectivity index (χ3v) is 11.3. The van der Waals surface area contributed by atoms with Crippen molar-refractivity contribution < 1.29 is 18.0 Å². The Bertz CT molecular complexity index is 1660. The van der Waals surface area contributed by atoms with E-state index in [-0.39, 0.29) is 27.9 Å². The van der Waals surface area contributed by atoms with Crippen LogP contribution in [-0.4, -0.2) is 71.8 Å². The van der Waals surface area contributed by atoms with Gasteiger partial charge in [0, 0.05) is 61.8 Å². The van der Waals surface area contributed by atoms with Gasteiger partial charge in [-0.1, -0.05) is 6.07 Å². The van der Waals surface area contributed by atoms with E-state index < -0.39 is 12.6 Å². The molecule has 3 saturated carbocycles. The summed E-state index contributed by atoms with van der Waals surface area (Å²) in [5, 5.41) is 20.1. The number of aromatic nitrogens is 2. The number of amides is 1. The minimum absolute atomic E-state index is 0.00404. The minimum Gasteiger partial charge on any atom is -0.367 e. The number of alkyl halides is 3. The van der Waals surface area contributed by atoms with Gasteiger partial charge in [0.2, 0.25) is 12.4 Å². The van der Waals surface area contributed by atoms with Gasteiger partial charge < -0.3 is 20.9 Å². The summed E-state index contributed by atoms with van der Waals surface area (Å²) in [6.07, 6.45) is 1.06. The molecule has 1 unspecified atom stereocenters. The number of halogens is 3. The molecule has 1 aromatic carbocycles. The topological polar surface area (TPSA) is 109 Å². The smallest absolute Gasteiger partial charge is 0.367 e. The van der Waals surface area contributed by atoms with E-state index in [4.69, 9.17) is 0 Å². The minimum atomic E-state index is -4.27. The molecule has 2 aliphatic heterocycles. The molecule has 0 spiro atoms. The molecule has 8 rings (SSSR count). The van der Waals surface area contributed by atoms with Crippen molar-refractivity contribution in [3.8, 4) is 6.07 Å². The van der Waals surface area contributed by atoms with E-state index in [0.29, 0.717) is 22.0 Å². The van der Waals surface area contributed by atoms with Gasteiger partial charge in [-0.05, 0) is 73.3 Å². The van der Waals surface area contributed by atoms with Gasteiger partial charge in [0.1, 0.15) is 16.7 Å². The summed E-state index contributed by atoms with van der Waals surface area (Å²) in [7, 11) is 1.70. The number of rotatable bonds is 10. The highest BCUT2D eigenvalue weighted by atomic mass is 32.1. The number of hydrogen-bond donors (Lipinski definition) is 3. The van der Waals surface area contributed by atoms with Crippen LogP contribution in [0.25, 0.3) is 10.2 Å². The van der Waals surface area contributed by atoms with Crippen molar-refractivity contribution in [1.29, 1.82) is 5.26 Å². The predicted molar refractivity (Wildman–Crippen MR) is 168 cm³/mol. The first-order valence-corrected chi connectivity index (χ1v) is 16.4. The lowest BCUT2D eigenvalue weighted by molar-refractivity contribution is -0.154. The lowest BCUT2D eigenvalue weighted by Crippen LogP contribution is -2.76. The lowest BCUT2D eigenvalue weighted by Gasteiger charge is -2.71. The van der Waals surface area contributed by atoms with Crippen molar-refractivity contribution >= 4 is 45.4 Å². The maximum atomic E-state index is 13.0. The lowest BCUT2D eigenvalue weighted by atomic mass is 9.39. The molecule has 4 heterocycles. The summed E-state index contributed by atoms with van der Waals surface area (Å²) in [6.45, 7) is 5.65. The summed E-state index contributed by atoms with van der Waals surface area (Å²) in [5.41, 5.74) is 5.20. The molecule has 2 aromatic heterocycles. The fourth-order valence-corrected chi connectivity index (χ4v) is 9.28. The second-order valence-electron chi connectivity index (χ2n) is 13.5. The van der Waals surface area contributed by atoms with E-state index in [1.807, 2.05) is 0 Å². The maximum absolute atomic E-state index is 13.0. The largest absolute Gasteiger partial charge is 0.393 e. The molecule has 1 amide bonds. The fourth-order valence-electron chi connectivity index (χ4n) is 8.22. The molecule has 1 atom stereocenters. The summed E-state index contributed by atoms with van der Waals surface area (Å²) in [5.74, 6) is 0.961. The van der Waals surface area contributed by atoms with E-state index in [9.17, 15) is 23.2 Å². The van der Waals surface area contributed by atoms with Crippen molar-refractivity contribution in [2.45, 2.75) is 82.2 Å². The quantitative estimate of drug-likeness (QED) is 0.262. The molecule has 2 bridgehead atoms. The molecule has 9 nitrogen and oxygen atoms in total. The number of carbonyl (C=O) groups is 1. The second kappa shape index (κ2) is 11.0. The molecular weight excluding hydrogens is 601 g/mol. The summed E-state index contributed by atoms with van der Waals surface area (Å²) < 4.78 is 39.1. The zero-order chi connectivity index (χ0) is 31.6. The highest BCUT2D eigenvalue weighted by Gasteiger charge is 2.68. The molecule has 4 fully saturated rings. The van der Waals surface area contributed by atoms with Crippen molar-refractivity contribution in [2.75, 3.05) is 42.2 Å². The highest BCUT2D eigenvalue weighted by Crippen LogP contribution is 2.67. The molecule has 3 N–H and O–H groups in total. The van der Waals surface area contributed by atoms with Crippen LogP contribution in [-0.2, 0) is 24.2 Å². The van der Waals surface area contributed by atoms with Crippen LogP contribution in [0.15, 0.2) is 18.2 Å². The summed E-state index contributed by atoms with van der Waals surface area (Å²) in [4.78, 5) is 25.4. The fraction of sp³-hybridized carbons (Fsp3) is 0.562. The SMILES string of the molecule is CNc1nc(NC2CCN(Cc3ccc4c(c3C)CC(C#N)N4CC34CC(NC=O)(C3)C4)CC2)c2cc(CC(F)(F)F)sc2n1. The molecule has 1 saturated heterocycles. The average Bonchev–Trinajstić information content (AvgIpc) is 3.53. The van der Waals surface area contributed by atoms with Crippen LogP contribution in [0.2, 0.25) is 0 Å². The van der Waals surface area contributed by atoms with Gasteiger partial charge in [0.25, 0.3) is 0 Å². The molecule has 5 aliphatic rings. The van der Waals surface area contributed by atoms with Crippen LogP contribution in [0.5, 0.6) is 0 Å². The number of hydrogen-bond acceptors (Lipinski definition) is 9. The van der Waals surface area contributed by atoms with E-state index in [1.54, 1.807) is 13.1 Å². The molecular formula is C32H37F3N8OS. The van der Waals surface area contributed by atoms with E-state index in [2.05, 4.69) is 60.8 Å². The monoisotopic (exact) mass is 638 g/mol. The Kier molecular flexibility index (Phi) is 7.35. The Balaban J connectivity index is 0.990. The zero-order valence-corrected chi connectivity index (χ0v) is 26.2. The van der Waals surface area contributed by atoms with Crippen LogP contribution < -0.4 is 20.9 Å². The summed E-state index contributed by atoms with van der Waals surface area (Å²) in [6, 6.07) is 8.51. The van der Waals surface area contributed by atoms with Gasteiger partial charge in [0.15, 0.2) is 0 Å². The number of nitrogens with one attached hydrogen (secondary N) is 3. The van der Waals surface area contributed by atoms with Gasteiger partial charge in [0.05, 0.1) is 17.9 Å². The maximum Gasteiger partial charge on any atom is 0.393 e. The van der Waals surface area contributed by atoms with E-state index in [1.165, 1.54) is 22.4 Å². The molecule has 13 heteroatoms. The van der Waals surface area contributed by atoms with Gasteiger partial charge in [-0.2, -0.15) is 23.4 Å². The van der Waals surface area contributed by atoms with E-state index >= 15 is 0 Å². The van der Waals surface area contributed by atoms with Gasteiger partial charge in [-0.25, -0.2) is 4.98 Å². The number of fused-ring (bicyclic) bond motifs is 2. The Labute approximate surface area is 264 Å². The Hall–Kier alpha value is -3.63. The van der Waals surface area contributed by atoms with Crippen LogP contribution in [0.4, 0.5) is 30.6 Å². The van der Waals surface area contributed by atoms with Crippen molar-refractivity contribution in [3.63, 3.8) is 0 Å². The summed E-state index contributed by atoms with van der Waals surface area (Å²) >= 11 is 1.06. The first-order valence-electron chi connectivity index (χ1n) is 15.5. The number of nitrogens with zero attached hydrogens (tertiary/aromatic N) is 5. The molecule has 238 valence electrons. The Morgan fingerprint density at radius 2 is 1.96 bits per heavy atom. The predicted octanol–water partition coefficient (Wildman–Crippen LogP) is 5.15. The van der Waals surface area contributed by atoms with Gasteiger partial charge in [-0.3, -0.25) is 9.69 Å². The third kappa shape index (κ3) is 5.56. The van der Waals surface area contributed by atoms with Crippen molar-refractivity contribution in [2.24, 2.45) is 5.41 Å². The van der Waals surface area contributed by atoms with Crippen LogP contribution in [0, 0.1) is 23.7 Å². The molecule has 3 aromatic rings. The van der Waals surface area contributed by atoms with Crippen molar-refractivity contribution in [1.82, 2.24) is 20.2 Å². The average molecular weight is 639 g/mol. The normalized spacial score (nSPS) is 26.1. The highest BCUT2D eigenvalue weighted by molar-refractivity contribution is 7.18. The van der Waals surface area contributed by atoms with E-state index in [0.717, 1.165) is 82.5 Å². The number of thiophene rings is 1. The number of benzene rings is 1. The van der Waals surface area contributed by atoms with Gasteiger partial charge in [-0.15, -0.1) is 11.3 Å². The Morgan fingerprint density at radius 3 is 2.62 bits per heavy atom. The molecule has 0 radical (unpaired) electrons. The number of anilines is 3. The number of piperidine rings is 1. The zero-order valence-electron chi connectivity index (χ0n) is 25.4. The van der Waals surface area contributed by atoms with Crippen LogP contribution in [0.1, 0.15) is 53.7 Å². The molecule has 45 heavy (non-hydrogen) atoms. The first-order chi connectivity index (χ1) is 21.5. The number of carbonyl (C=O) groups excluding carboxylic acids is 1.